The van der Waals surface area contributed by atoms with Crippen LogP contribution in [0.2, 0.25) is 0 Å². The topological polar surface area (TPSA) is 102 Å². The van der Waals surface area contributed by atoms with Crippen LogP contribution in [0.4, 0.5) is 5.69 Å². The Balaban J connectivity index is 1.61. The number of carbonyl (C=O) groups is 1. The number of nitro benzene ring substituents is 1. The summed E-state index contributed by atoms with van der Waals surface area (Å²) in [6.45, 7) is 0.186. The summed E-state index contributed by atoms with van der Waals surface area (Å²) in [6.07, 6.45) is 0.133. The Labute approximate surface area is 149 Å². The molecule has 0 aliphatic rings. The molecule has 8 nitrogen and oxygen atoms in total. The summed E-state index contributed by atoms with van der Waals surface area (Å²) in [4.78, 5) is 28.3. The van der Waals surface area contributed by atoms with Gasteiger partial charge in [-0.15, -0.1) is 0 Å². The van der Waals surface area contributed by atoms with Crippen LogP contribution in [0.25, 0.3) is 11.4 Å². The van der Waals surface area contributed by atoms with E-state index >= 15 is 0 Å². The zero-order valence-electron chi connectivity index (χ0n) is 14.0. The second-order valence-electron chi connectivity index (χ2n) is 5.73. The zero-order valence-corrected chi connectivity index (χ0v) is 14.0. The van der Waals surface area contributed by atoms with Crippen LogP contribution in [0.5, 0.6) is 0 Å². The first-order chi connectivity index (χ1) is 12.5. The van der Waals surface area contributed by atoms with Gasteiger partial charge in [0, 0.05) is 24.7 Å². The first kappa shape index (κ1) is 17.3. The molecule has 26 heavy (non-hydrogen) atoms. The summed E-state index contributed by atoms with van der Waals surface area (Å²) in [6, 6.07) is 15.3. The Bertz CT molecular complexity index is 906. The fraction of sp³-hybridized carbons (Fsp3) is 0.167. The van der Waals surface area contributed by atoms with Gasteiger partial charge in [-0.2, -0.15) is 4.98 Å². The Hall–Kier alpha value is -3.55. The number of amides is 1. The van der Waals surface area contributed by atoms with Crippen molar-refractivity contribution in [3.8, 4) is 11.4 Å². The summed E-state index contributed by atoms with van der Waals surface area (Å²) in [5.41, 5.74) is 1.53. The Morgan fingerprint density at radius 2 is 1.85 bits per heavy atom. The average molecular weight is 352 g/mol. The molecule has 0 fully saturated rings. The molecule has 0 aliphatic heterocycles. The van der Waals surface area contributed by atoms with Crippen molar-refractivity contribution in [2.75, 3.05) is 7.05 Å². The minimum Gasteiger partial charge on any atom is -0.337 e. The highest BCUT2D eigenvalue weighted by molar-refractivity contribution is 5.78. The molecule has 0 atom stereocenters. The van der Waals surface area contributed by atoms with E-state index in [-0.39, 0.29) is 24.6 Å². The summed E-state index contributed by atoms with van der Waals surface area (Å²) in [7, 11) is 1.64. The summed E-state index contributed by atoms with van der Waals surface area (Å²) in [5, 5.41) is 14.6. The zero-order chi connectivity index (χ0) is 18.5. The molecule has 0 saturated carbocycles. The van der Waals surface area contributed by atoms with E-state index in [0.29, 0.717) is 17.3 Å². The summed E-state index contributed by atoms with van der Waals surface area (Å²) < 4.78 is 5.20. The summed E-state index contributed by atoms with van der Waals surface area (Å²) >= 11 is 0. The number of nitro groups is 1. The molecule has 8 heteroatoms. The van der Waals surface area contributed by atoms with E-state index in [9.17, 15) is 14.9 Å². The lowest BCUT2D eigenvalue weighted by molar-refractivity contribution is -0.384. The molecule has 1 heterocycles. The largest absolute Gasteiger partial charge is 0.337 e. The van der Waals surface area contributed by atoms with Crippen LogP contribution in [0.1, 0.15) is 11.5 Å². The van der Waals surface area contributed by atoms with Gasteiger partial charge in [-0.05, 0) is 5.56 Å². The fourth-order valence-electron chi connectivity index (χ4n) is 2.36. The molecule has 0 spiro atoms. The van der Waals surface area contributed by atoms with Crippen LogP contribution in [0.15, 0.2) is 59.1 Å². The van der Waals surface area contributed by atoms with E-state index in [1.54, 1.807) is 19.2 Å². The monoisotopic (exact) mass is 352 g/mol. The van der Waals surface area contributed by atoms with Crippen molar-refractivity contribution in [3.05, 3.63) is 76.2 Å². The van der Waals surface area contributed by atoms with Gasteiger partial charge in [-0.3, -0.25) is 14.9 Å². The Morgan fingerprint density at radius 3 is 2.50 bits per heavy atom. The van der Waals surface area contributed by atoms with E-state index in [0.717, 1.165) is 5.56 Å². The maximum atomic E-state index is 12.3. The van der Waals surface area contributed by atoms with Gasteiger partial charge in [-0.1, -0.05) is 47.6 Å². The van der Waals surface area contributed by atoms with E-state index < -0.39 is 4.92 Å². The Kier molecular flexibility index (Phi) is 5.02. The SMILES string of the molecule is CN(Cc1nc(-c2ccccc2)no1)C(=O)Cc1ccc([N+](=O)[O-])cc1. The molecule has 1 aromatic heterocycles. The van der Waals surface area contributed by atoms with Crippen molar-refractivity contribution >= 4 is 11.6 Å². The third kappa shape index (κ3) is 4.10. The van der Waals surface area contributed by atoms with Crippen molar-refractivity contribution in [3.63, 3.8) is 0 Å². The van der Waals surface area contributed by atoms with Crippen LogP contribution in [-0.2, 0) is 17.8 Å². The van der Waals surface area contributed by atoms with Crippen molar-refractivity contribution in [2.24, 2.45) is 0 Å². The van der Waals surface area contributed by atoms with Gasteiger partial charge >= 0.3 is 0 Å². The predicted octanol–water partition coefficient (Wildman–Crippen LogP) is 2.85. The smallest absolute Gasteiger partial charge is 0.269 e. The second kappa shape index (κ2) is 7.56. The van der Waals surface area contributed by atoms with Crippen LogP contribution in [0.3, 0.4) is 0 Å². The third-order valence-electron chi connectivity index (χ3n) is 3.80. The van der Waals surface area contributed by atoms with Gasteiger partial charge in [0.2, 0.25) is 17.6 Å². The molecule has 2 aromatic carbocycles. The van der Waals surface area contributed by atoms with Gasteiger partial charge in [0.05, 0.1) is 17.9 Å². The van der Waals surface area contributed by atoms with E-state index in [2.05, 4.69) is 10.1 Å². The van der Waals surface area contributed by atoms with Gasteiger partial charge in [0.25, 0.3) is 5.69 Å². The van der Waals surface area contributed by atoms with E-state index in [4.69, 9.17) is 4.52 Å². The molecule has 0 radical (unpaired) electrons. The number of aromatic nitrogens is 2. The van der Waals surface area contributed by atoms with Crippen LogP contribution >= 0.6 is 0 Å². The highest BCUT2D eigenvalue weighted by atomic mass is 16.6. The third-order valence-corrected chi connectivity index (χ3v) is 3.80. The Morgan fingerprint density at radius 1 is 1.15 bits per heavy atom. The lowest BCUT2D eigenvalue weighted by Crippen LogP contribution is -2.27. The van der Waals surface area contributed by atoms with Gasteiger partial charge < -0.3 is 9.42 Å². The molecule has 132 valence electrons. The van der Waals surface area contributed by atoms with Crippen molar-refractivity contribution in [1.82, 2.24) is 15.0 Å². The lowest BCUT2D eigenvalue weighted by atomic mass is 10.1. The predicted molar refractivity (Wildman–Crippen MR) is 93.0 cm³/mol. The second-order valence-corrected chi connectivity index (χ2v) is 5.73. The molecule has 3 rings (SSSR count). The summed E-state index contributed by atoms with van der Waals surface area (Å²) in [5.74, 6) is 0.651. The average Bonchev–Trinajstić information content (AvgIpc) is 3.11. The first-order valence-electron chi connectivity index (χ1n) is 7.88. The van der Waals surface area contributed by atoms with Crippen molar-refractivity contribution in [1.29, 1.82) is 0 Å². The molecule has 3 aromatic rings. The number of carbonyl (C=O) groups excluding carboxylic acids is 1. The first-order valence-corrected chi connectivity index (χ1v) is 7.88. The van der Waals surface area contributed by atoms with Crippen LogP contribution in [-0.4, -0.2) is 32.9 Å². The van der Waals surface area contributed by atoms with Crippen molar-refractivity contribution in [2.45, 2.75) is 13.0 Å². The number of likely N-dealkylation sites (N-methyl/N-ethyl adjacent to an activating group) is 1. The molecule has 0 N–H and O–H groups in total. The minimum atomic E-state index is -0.475. The quantitative estimate of drug-likeness (QED) is 0.499. The fourth-order valence-corrected chi connectivity index (χ4v) is 2.36. The minimum absolute atomic E-state index is 0.00569. The highest BCUT2D eigenvalue weighted by Gasteiger charge is 2.15. The number of nitrogens with zero attached hydrogens (tertiary/aromatic N) is 4. The normalized spacial score (nSPS) is 10.5. The van der Waals surface area contributed by atoms with E-state index in [1.807, 2.05) is 30.3 Å². The number of benzene rings is 2. The maximum Gasteiger partial charge on any atom is 0.269 e. The van der Waals surface area contributed by atoms with Crippen LogP contribution in [0, 0.1) is 10.1 Å². The number of non-ortho nitro benzene ring substituents is 1. The molecule has 0 saturated heterocycles. The number of rotatable bonds is 6. The lowest BCUT2D eigenvalue weighted by Gasteiger charge is -2.14. The standard InChI is InChI=1S/C18H16N4O4/c1-21(17(23)11-13-7-9-15(10-8-13)22(24)25)12-16-19-18(20-26-16)14-5-3-2-4-6-14/h2-10H,11-12H2,1H3. The number of hydrogen-bond acceptors (Lipinski definition) is 6. The molecule has 1 amide bonds. The van der Waals surface area contributed by atoms with Gasteiger partial charge in [0.15, 0.2) is 0 Å². The molecule has 0 aliphatic carbocycles. The van der Waals surface area contributed by atoms with Gasteiger partial charge in [0.1, 0.15) is 0 Å². The molecular weight excluding hydrogens is 336 g/mol. The van der Waals surface area contributed by atoms with Crippen molar-refractivity contribution < 1.29 is 14.2 Å². The number of hydrogen-bond donors (Lipinski definition) is 0. The maximum absolute atomic E-state index is 12.3. The van der Waals surface area contributed by atoms with E-state index in [1.165, 1.54) is 17.0 Å². The van der Waals surface area contributed by atoms with Crippen LogP contribution < -0.4 is 0 Å². The highest BCUT2D eigenvalue weighted by Crippen LogP contribution is 2.16. The van der Waals surface area contributed by atoms with Gasteiger partial charge in [-0.25, -0.2) is 0 Å². The molecular formula is C18H16N4O4. The molecule has 0 unspecified atom stereocenters. The molecule has 0 bridgehead atoms.